The Hall–Kier alpha value is -3.19. The number of hydrogen-bond acceptors (Lipinski definition) is 11. The van der Waals surface area contributed by atoms with E-state index in [9.17, 15) is 17.6 Å². The lowest BCUT2D eigenvalue weighted by atomic mass is 10.1. The zero-order valence-electron chi connectivity index (χ0n) is 21.7. The Kier molecular flexibility index (Phi) is 9.49. The summed E-state index contributed by atoms with van der Waals surface area (Å²) in [6, 6.07) is 4.61. The van der Waals surface area contributed by atoms with Crippen LogP contribution in [-0.4, -0.2) is 80.5 Å². The van der Waals surface area contributed by atoms with E-state index in [0.29, 0.717) is 48.9 Å². The van der Waals surface area contributed by atoms with Gasteiger partial charge < -0.3 is 24.5 Å². The van der Waals surface area contributed by atoms with Crippen LogP contribution in [0.25, 0.3) is 0 Å². The number of carbonyl (C=O) groups excluding carboxylic acids is 1. The zero-order valence-corrected chi connectivity index (χ0v) is 22.5. The molecule has 0 unspecified atom stereocenters. The minimum Gasteiger partial charge on any atom is -0.474 e. The number of nitrogens with zero attached hydrogens (tertiary/aromatic N) is 4. The minimum atomic E-state index is -3.12. The Bertz CT molecular complexity index is 1190. The molecule has 0 aliphatic carbocycles. The summed E-state index contributed by atoms with van der Waals surface area (Å²) < 4.78 is 48.7. The molecule has 11 nitrogen and oxygen atoms in total. The van der Waals surface area contributed by atoms with E-state index in [1.807, 2.05) is 0 Å². The molecule has 0 atom stereocenters. The van der Waals surface area contributed by atoms with E-state index in [0.717, 1.165) is 0 Å². The van der Waals surface area contributed by atoms with Gasteiger partial charge in [0, 0.05) is 51.5 Å². The van der Waals surface area contributed by atoms with Crippen molar-refractivity contribution in [1.82, 2.24) is 15.0 Å². The summed E-state index contributed by atoms with van der Waals surface area (Å²) in [4.78, 5) is 27.0. The summed E-state index contributed by atoms with van der Waals surface area (Å²) in [5.74, 6) is 0.255. The number of hydroxylamine groups is 2. The quantitative estimate of drug-likeness (QED) is 0.447. The normalized spacial score (nSPS) is 14.9. The fourth-order valence-corrected chi connectivity index (χ4v) is 4.21. The smallest absolute Gasteiger partial charge is 0.474 e. The second-order valence-corrected chi connectivity index (χ2v) is 11.5. The summed E-state index contributed by atoms with van der Waals surface area (Å²) >= 11 is 0. The first-order valence-corrected chi connectivity index (χ1v) is 14.0. The van der Waals surface area contributed by atoms with Gasteiger partial charge in [0.15, 0.2) is 0 Å². The molecule has 0 amide bonds. The van der Waals surface area contributed by atoms with Crippen LogP contribution in [0, 0.1) is 12.7 Å². The van der Waals surface area contributed by atoms with Gasteiger partial charge in [0.2, 0.25) is 5.88 Å². The van der Waals surface area contributed by atoms with Gasteiger partial charge in [0.25, 0.3) is 0 Å². The number of anilines is 3. The average molecular weight is 540 g/mol. The highest BCUT2D eigenvalue weighted by Gasteiger charge is 2.25. The largest absolute Gasteiger partial charge is 0.528 e. The van der Waals surface area contributed by atoms with E-state index in [2.05, 4.69) is 15.3 Å². The standard InChI is InChI=1S/C24H34FN5O6S/c1-16(2)34-24(31)36-30-10-8-19(9-11-30)35-23-17(3)22(26-15-27-23)28-21-7-6-18(14-20(21)25)29(4)12-13-37(5,32)33/h6-7,14-16,19H,8-13H2,1-5H3,(H,26,27,28). The molecule has 2 heterocycles. The van der Waals surface area contributed by atoms with E-state index < -0.39 is 21.8 Å². The van der Waals surface area contributed by atoms with Gasteiger partial charge in [0.05, 0.1) is 23.1 Å². The molecular formula is C24H34FN5O6S. The van der Waals surface area contributed by atoms with E-state index in [1.54, 1.807) is 49.9 Å². The first-order valence-electron chi connectivity index (χ1n) is 12.0. The molecule has 1 N–H and O–H groups in total. The molecule has 1 aliphatic heterocycles. The van der Waals surface area contributed by atoms with Gasteiger partial charge in [-0.1, -0.05) is 0 Å². The predicted molar refractivity (Wildman–Crippen MR) is 137 cm³/mol. The van der Waals surface area contributed by atoms with Crippen molar-refractivity contribution in [1.29, 1.82) is 0 Å². The Morgan fingerprint density at radius 2 is 1.97 bits per heavy atom. The highest BCUT2D eigenvalue weighted by molar-refractivity contribution is 7.90. The van der Waals surface area contributed by atoms with Gasteiger partial charge in [-0.3, -0.25) is 0 Å². The van der Waals surface area contributed by atoms with Gasteiger partial charge in [-0.15, -0.1) is 5.06 Å². The van der Waals surface area contributed by atoms with Crippen LogP contribution < -0.4 is 15.0 Å². The van der Waals surface area contributed by atoms with Crippen molar-refractivity contribution >= 4 is 33.2 Å². The molecule has 1 aromatic carbocycles. The number of nitrogens with one attached hydrogen (secondary N) is 1. The number of hydrogen-bond donors (Lipinski definition) is 1. The highest BCUT2D eigenvalue weighted by atomic mass is 32.2. The van der Waals surface area contributed by atoms with E-state index >= 15 is 0 Å². The lowest BCUT2D eigenvalue weighted by molar-refractivity contribution is -0.151. The topological polar surface area (TPSA) is 123 Å². The summed E-state index contributed by atoms with van der Waals surface area (Å²) in [5, 5.41) is 4.54. The molecule has 3 rings (SSSR count). The third kappa shape index (κ3) is 8.71. The van der Waals surface area contributed by atoms with E-state index in [1.165, 1.54) is 18.6 Å². The fourth-order valence-electron chi connectivity index (χ4n) is 3.60. The van der Waals surface area contributed by atoms with Crippen molar-refractivity contribution in [3.05, 3.63) is 35.9 Å². The van der Waals surface area contributed by atoms with Crippen LogP contribution in [-0.2, 0) is 19.4 Å². The van der Waals surface area contributed by atoms with Gasteiger partial charge in [0.1, 0.15) is 33.9 Å². The Morgan fingerprint density at radius 3 is 2.59 bits per heavy atom. The van der Waals surface area contributed by atoms with Crippen LogP contribution in [0.3, 0.4) is 0 Å². The number of carbonyl (C=O) groups is 1. The first-order chi connectivity index (χ1) is 17.4. The summed E-state index contributed by atoms with van der Waals surface area (Å²) in [6.45, 7) is 6.52. The fraction of sp³-hybridized carbons (Fsp3) is 0.542. The van der Waals surface area contributed by atoms with Crippen LogP contribution in [0.1, 0.15) is 32.3 Å². The molecule has 0 saturated carbocycles. The van der Waals surface area contributed by atoms with Crippen molar-refractivity contribution in [2.45, 2.75) is 45.8 Å². The van der Waals surface area contributed by atoms with Crippen molar-refractivity contribution < 1.29 is 31.9 Å². The molecule has 1 fully saturated rings. The third-order valence-electron chi connectivity index (χ3n) is 5.70. The molecule has 0 spiro atoms. The number of rotatable bonds is 10. The van der Waals surface area contributed by atoms with Crippen LogP contribution in [0.5, 0.6) is 5.88 Å². The van der Waals surface area contributed by atoms with Crippen molar-refractivity contribution in [2.75, 3.05) is 48.9 Å². The van der Waals surface area contributed by atoms with Crippen LogP contribution in [0.2, 0.25) is 0 Å². The van der Waals surface area contributed by atoms with Crippen molar-refractivity contribution in [3.8, 4) is 5.88 Å². The molecular weight excluding hydrogens is 505 g/mol. The predicted octanol–water partition coefficient (Wildman–Crippen LogP) is 3.47. The molecule has 13 heteroatoms. The summed E-state index contributed by atoms with van der Waals surface area (Å²) in [5.41, 5.74) is 1.39. The Labute approximate surface area is 216 Å². The lowest BCUT2D eigenvalue weighted by Crippen LogP contribution is -2.40. The van der Waals surface area contributed by atoms with E-state index in [-0.39, 0.29) is 30.2 Å². The number of benzene rings is 1. The van der Waals surface area contributed by atoms with Gasteiger partial charge in [-0.25, -0.2) is 27.6 Å². The summed E-state index contributed by atoms with van der Waals surface area (Å²) in [7, 11) is -1.41. The molecule has 1 saturated heterocycles. The van der Waals surface area contributed by atoms with Crippen LogP contribution in [0.15, 0.2) is 24.5 Å². The maximum absolute atomic E-state index is 14.8. The first kappa shape index (κ1) is 28.4. The molecule has 1 aliphatic rings. The number of piperidine rings is 1. The SMILES string of the molecule is Cc1c(Nc2ccc(N(C)CCS(C)(=O)=O)cc2F)ncnc1OC1CCN(OC(=O)OC(C)C)CC1. The number of ether oxygens (including phenoxy) is 2. The van der Waals surface area contributed by atoms with Crippen LogP contribution in [0.4, 0.5) is 26.4 Å². The van der Waals surface area contributed by atoms with Crippen molar-refractivity contribution in [3.63, 3.8) is 0 Å². The molecule has 204 valence electrons. The van der Waals surface area contributed by atoms with Gasteiger partial charge in [-0.05, 0) is 39.0 Å². The molecule has 0 bridgehead atoms. The second-order valence-electron chi connectivity index (χ2n) is 9.25. The maximum Gasteiger partial charge on any atom is 0.528 e. The lowest BCUT2D eigenvalue weighted by Gasteiger charge is -2.30. The van der Waals surface area contributed by atoms with E-state index in [4.69, 9.17) is 14.3 Å². The average Bonchev–Trinajstić information content (AvgIpc) is 2.81. The number of aromatic nitrogens is 2. The second kappa shape index (κ2) is 12.4. The number of sulfone groups is 1. The van der Waals surface area contributed by atoms with Gasteiger partial charge in [-0.2, -0.15) is 0 Å². The van der Waals surface area contributed by atoms with Crippen LogP contribution >= 0.6 is 0 Å². The Morgan fingerprint density at radius 1 is 1.27 bits per heavy atom. The monoisotopic (exact) mass is 539 g/mol. The molecule has 0 radical (unpaired) electrons. The van der Waals surface area contributed by atoms with Gasteiger partial charge >= 0.3 is 6.16 Å². The Balaban J connectivity index is 1.59. The molecule has 37 heavy (non-hydrogen) atoms. The highest BCUT2D eigenvalue weighted by Crippen LogP contribution is 2.29. The minimum absolute atomic E-state index is 0.0231. The van der Waals surface area contributed by atoms with Crippen molar-refractivity contribution in [2.24, 2.45) is 0 Å². The zero-order chi connectivity index (χ0) is 27.2. The molecule has 2 aromatic rings. The summed E-state index contributed by atoms with van der Waals surface area (Å²) in [6.07, 6.45) is 2.63. The maximum atomic E-state index is 14.8. The number of halogens is 1. The third-order valence-corrected chi connectivity index (χ3v) is 6.62. The molecule has 1 aromatic heterocycles.